The lowest BCUT2D eigenvalue weighted by molar-refractivity contribution is 0.398. The molecule has 0 saturated carbocycles. The molecular weight excluding hydrogens is 351 g/mol. The van der Waals surface area contributed by atoms with Gasteiger partial charge in [-0.3, -0.25) is 4.72 Å². The van der Waals surface area contributed by atoms with E-state index in [2.05, 4.69) is 25.6 Å². The molecule has 0 radical (unpaired) electrons. The molecule has 0 fully saturated rings. The van der Waals surface area contributed by atoms with Crippen LogP contribution < -0.4 is 9.46 Å². The summed E-state index contributed by atoms with van der Waals surface area (Å²) in [6.07, 6.45) is 1.33. The molecule has 0 spiro atoms. The Labute approximate surface area is 124 Å². The summed E-state index contributed by atoms with van der Waals surface area (Å²) in [4.78, 5) is 3.83. The molecule has 1 aromatic heterocycles. The molecule has 5 nitrogen and oxygen atoms in total. The van der Waals surface area contributed by atoms with E-state index < -0.39 is 15.8 Å². The fraction of sp³-hybridized carbons (Fsp3) is 0.0833. The third-order valence-corrected chi connectivity index (χ3v) is 4.74. The van der Waals surface area contributed by atoms with Crippen LogP contribution in [0.1, 0.15) is 0 Å². The summed E-state index contributed by atoms with van der Waals surface area (Å²) in [5.74, 6) is -0.155. The number of hydrogen-bond donors (Lipinski definition) is 1. The fourth-order valence-electron chi connectivity index (χ4n) is 1.46. The molecule has 1 aromatic carbocycles. The average molecular weight is 361 g/mol. The number of methoxy groups -OCH3 is 1. The second-order valence-electron chi connectivity index (χ2n) is 3.77. The molecule has 1 heterocycles. The molecule has 20 heavy (non-hydrogen) atoms. The first kappa shape index (κ1) is 14.7. The first-order valence-corrected chi connectivity index (χ1v) is 7.68. The lowest BCUT2D eigenvalue weighted by Crippen LogP contribution is -2.13. The van der Waals surface area contributed by atoms with E-state index in [1.165, 1.54) is 31.5 Å². The summed E-state index contributed by atoms with van der Waals surface area (Å²) >= 11 is 3.02. The number of hydrogen-bond acceptors (Lipinski definition) is 4. The third kappa shape index (κ3) is 3.26. The highest BCUT2D eigenvalue weighted by Crippen LogP contribution is 2.25. The molecular formula is C12H10BrFN2O3S. The molecule has 2 aromatic rings. The van der Waals surface area contributed by atoms with Gasteiger partial charge >= 0.3 is 0 Å². The van der Waals surface area contributed by atoms with Crippen LogP contribution in [0.4, 0.5) is 10.1 Å². The molecule has 106 valence electrons. The summed E-state index contributed by atoms with van der Waals surface area (Å²) in [5.41, 5.74) is 0.280. The van der Waals surface area contributed by atoms with E-state index in [1.807, 2.05) is 0 Å². The van der Waals surface area contributed by atoms with Gasteiger partial charge in [0.2, 0.25) is 5.88 Å². The molecule has 0 atom stereocenters. The Morgan fingerprint density at radius 2 is 2.05 bits per heavy atom. The molecule has 0 amide bonds. The number of anilines is 1. The Morgan fingerprint density at radius 1 is 1.30 bits per heavy atom. The highest BCUT2D eigenvalue weighted by Gasteiger charge is 2.18. The zero-order chi connectivity index (χ0) is 14.8. The first-order chi connectivity index (χ1) is 9.42. The average Bonchev–Trinajstić information content (AvgIpc) is 2.38. The van der Waals surface area contributed by atoms with Crippen LogP contribution in [0.3, 0.4) is 0 Å². The fourth-order valence-corrected chi connectivity index (χ4v) is 3.56. The van der Waals surface area contributed by atoms with E-state index >= 15 is 0 Å². The van der Waals surface area contributed by atoms with Gasteiger partial charge in [0.05, 0.1) is 19.0 Å². The maximum Gasteiger partial charge on any atom is 0.263 e. The van der Waals surface area contributed by atoms with Crippen molar-refractivity contribution in [1.82, 2.24) is 4.98 Å². The maximum absolute atomic E-state index is 13.0. The number of rotatable bonds is 4. The number of aromatic nitrogens is 1. The molecule has 0 unspecified atom stereocenters. The molecule has 0 bridgehead atoms. The Bertz CT molecular complexity index is 720. The number of pyridine rings is 1. The predicted molar refractivity (Wildman–Crippen MR) is 75.7 cm³/mol. The van der Waals surface area contributed by atoms with Crippen molar-refractivity contribution in [3.05, 3.63) is 46.8 Å². The smallest absolute Gasteiger partial charge is 0.263 e. The topological polar surface area (TPSA) is 68.3 Å². The quantitative estimate of drug-likeness (QED) is 0.909. The minimum Gasteiger partial charge on any atom is -0.481 e. The number of nitrogens with one attached hydrogen (secondary N) is 1. The summed E-state index contributed by atoms with van der Waals surface area (Å²) in [6, 6.07) is 6.38. The molecule has 0 aliphatic carbocycles. The van der Waals surface area contributed by atoms with E-state index in [9.17, 15) is 12.8 Å². The van der Waals surface area contributed by atoms with Gasteiger partial charge < -0.3 is 4.74 Å². The number of benzene rings is 1. The van der Waals surface area contributed by atoms with Gasteiger partial charge in [0.1, 0.15) is 10.7 Å². The predicted octanol–water partition coefficient (Wildman–Crippen LogP) is 2.79. The molecule has 0 aliphatic heterocycles. The van der Waals surface area contributed by atoms with Crippen LogP contribution in [0.2, 0.25) is 0 Å². The van der Waals surface area contributed by atoms with E-state index in [1.54, 1.807) is 0 Å². The van der Waals surface area contributed by atoms with Crippen molar-refractivity contribution in [2.45, 2.75) is 4.90 Å². The standard InChI is InChI=1S/C12H10BrFN2O3S/c1-19-12-5-3-9(7-15-12)16-20(17,18)11-4-2-8(14)6-10(11)13/h2-7,16H,1H3. The second kappa shape index (κ2) is 5.76. The monoisotopic (exact) mass is 360 g/mol. The first-order valence-electron chi connectivity index (χ1n) is 5.40. The van der Waals surface area contributed by atoms with Gasteiger partial charge in [-0.25, -0.2) is 17.8 Å². The van der Waals surface area contributed by atoms with Crippen LogP contribution in [0.25, 0.3) is 0 Å². The number of halogens is 2. The van der Waals surface area contributed by atoms with Crippen LogP contribution in [-0.4, -0.2) is 20.5 Å². The zero-order valence-electron chi connectivity index (χ0n) is 10.3. The van der Waals surface area contributed by atoms with Gasteiger partial charge in [0, 0.05) is 10.5 Å². The highest BCUT2D eigenvalue weighted by atomic mass is 79.9. The second-order valence-corrected chi connectivity index (χ2v) is 6.27. The lowest BCUT2D eigenvalue weighted by atomic mass is 10.3. The van der Waals surface area contributed by atoms with Gasteiger partial charge in [-0.1, -0.05) is 0 Å². The van der Waals surface area contributed by atoms with E-state index in [-0.39, 0.29) is 15.1 Å². The van der Waals surface area contributed by atoms with Gasteiger partial charge in [-0.2, -0.15) is 0 Å². The molecule has 8 heteroatoms. The van der Waals surface area contributed by atoms with Gasteiger partial charge in [-0.05, 0) is 40.2 Å². The molecule has 1 N–H and O–H groups in total. The third-order valence-electron chi connectivity index (χ3n) is 2.38. The summed E-state index contributed by atoms with van der Waals surface area (Å²) in [7, 11) is -2.36. The Morgan fingerprint density at radius 3 is 2.60 bits per heavy atom. The largest absolute Gasteiger partial charge is 0.481 e. The SMILES string of the molecule is COc1ccc(NS(=O)(=O)c2ccc(F)cc2Br)cn1. The van der Waals surface area contributed by atoms with Crippen molar-refractivity contribution in [2.75, 3.05) is 11.8 Å². The minimum absolute atomic E-state index is 0.0604. The maximum atomic E-state index is 13.0. The van der Waals surface area contributed by atoms with Crippen molar-refractivity contribution in [1.29, 1.82) is 0 Å². The van der Waals surface area contributed by atoms with Crippen LogP contribution in [-0.2, 0) is 10.0 Å². The lowest BCUT2D eigenvalue weighted by Gasteiger charge is -2.09. The summed E-state index contributed by atoms with van der Waals surface area (Å²) < 4.78 is 44.7. The number of nitrogens with zero attached hydrogens (tertiary/aromatic N) is 1. The molecule has 2 rings (SSSR count). The van der Waals surface area contributed by atoms with Crippen molar-refractivity contribution >= 4 is 31.6 Å². The Hall–Kier alpha value is -1.67. The summed E-state index contributed by atoms with van der Waals surface area (Å²) in [6.45, 7) is 0. The van der Waals surface area contributed by atoms with Crippen LogP contribution in [0.5, 0.6) is 5.88 Å². The highest BCUT2D eigenvalue weighted by molar-refractivity contribution is 9.10. The number of sulfonamides is 1. The van der Waals surface area contributed by atoms with E-state index in [4.69, 9.17) is 4.74 Å². The Balaban J connectivity index is 2.30. The molecule has 0 saturated heterocycles. The summed E-state index contributed by atoms with van der Waals surface area (Å²) in [5, 5.41) is 0. The minimum atomic E-state index is -3.82. The number of ether oxygens (including phenoxy) is 1. The van der Waals surface area contributed by atoms with Crippen molar-refractivity contribution in [3.8, 4) is 5.88 Å². The van der Waals surface area contributed by atoms with E-state index in [0.29, 0.717) is 5.88 Å². The Kier molecular flexibility index (Phi) is 4.24. The van der Waals surface area contributed by atoms with Crippen molar-refractivity contribution in [3.63, 3.8) is 0 Å². The van der Waals surface area contributed by atoms with Crippen LogP contribution in [0, 0.1) is 5.82 Å². The van der Waals surface area contributed by atoms with E-state index in [0.717, 1.165) is 12.1 Å². The van der Waals surface area contributed by atoms with Gasteiger partial charge in [0.15, 0.2) is 0 Å². The van der Waals surface area contributed by atoms with Gasteiger partial charge in [0.25, 0.3) is 10.0 Å². The van der Waals surface area contributed by atoms with Crippen LogP contribution >= 0.6 is 15.9 Å². The zero-order valence-corrected chi connectivity index (χ0v) is 12.7. The van der Waals surface area contributed by atoms with Gasteiger partial charge in [-0.15, -0.1) is 0 Å². The normalized spacial score (nSPS) is 11.2. The van der Waals surface area contributed by atoms with Crippen LogP contribution in [0.15, 0.2) is 45.9 Å². The van der Waals surface area contributed by atoms with Crippen molar-refractivity contribution in [2.24, 2.45) is 0 Å². The van der Waals surface area contributed by atoms with Crippen molar-refractivity contribution < 1.29 is 17.5 Å². The molecule has 0 aliphatic rings.